The highest BCUT2D eigenvalue weighted by Crippen LogP contribution is 2.37. The number of carbonyl (C=O) groups excluding carboxylic acids is 2. The SMILES string of the molecule is N=C(OC1OSC(OC(=O)c2ccccc2)C(OCc2ccccc2)C1OC(=O)c1ccccc1)C(Cl)(Cl)Cl. The third-order valence-electron chi connectivity index (χ3n) is 5.37. The summed E-state index contributed by atoms with van der Waals surface area (Å²) in [4.78, 5) is 26.0. The average Bonchev–Trinajstić information content (AvgIpc) is 2.94. The lowest BCUT2D eigenvalue weighted by Gasteiger charge is -2.40. The van der Waals surface area contributed by atoms with E-state index in [-0.39, 0.29) is 12.2 Å². The fraction of sp³-hybridized carbons (Fsp3) is 0.222. The molecule has 1 saturated heterocycles. The lowest BCUT2D eigenvalue weighted by molar-refractivity contribution is -0.181. The van der Waals surface area contributed by atoms with E-state index in [1.807, 2.05) is 30.3 Å². The second kappa shape index (κ2) is 13.5. The van der Waals surface area contributed by atoms with Crippen molar-refractivity contribution < 1.29 is 32.7 Å². The molecule has 1 fully saturated rings. The van der Waals surface area contributed by atoms with Gasteiger partial charge in [-0.15, -0.1) is 0 Å². The van der Waals surface area contributed by atoms with Crippen LogP contribution in [0.5, 0.6) is 0 Å². The van der Waals surface area contributed by atoms with E-state index in [4.69, 9.17) is 63.3 Å². The Hall–Kier alpha value is -2.79. The summed E-state index contributed by atoms with van der Waals surface area (Å²) in [6.45, 7) is 0.0689. The first-order chi connectivity index (χ1) is 18.7. The molecule has 4 rings (SSSR count). The number of carbonyl (C=O) groups is 2. The van der Waals surface area contributed by atoms with Gasteiger partial charge in [0.2, 0.25) is 11.3 Å². The van der Waals surface area contributed by atoms with Gasteiger partial charge in [-0.05, 0) is 29.8 Å². The van der Waals surface area contributed by atoms with E-state index < -0.39 is 45.6 Å². The molecule has 4 unspecified atom stereocenters. The average molecular weight is 611 g/mol. The third kappa shape index (κ3) is 8.11. The van der Waals surface area contributed by atoms with Crippen LogP contribution in [0.4, 0.5) is 0 Å². The minimum atomic E-state index is -2.21. The Kier molecular flexibility index (Phi) is 10.1. The molecule has 0 aliphatic carbocycles. The fourth-order valence-corrected chi connectivity index (χ4v) is 4.43. The Morgan fingerprint density at radius 3 is 1.82 bits per heavy atom. The number of halogens is 3. The molecule has 0 bridgehead atoms. The predicted molar refractivity (Wildman–Crippen MR) is 148 cm³/mol. The number of ether oxygens (including phenoxy) is 4. The molecule has 1 heterocycles. The van der Waals surface area contributed by atoms with Crippen LogP contribution in [0, 0.1) is 5.41 Å². The van der Waals surface area contributed by atoms with Crippen LogP contribution in [0.1, 0.15) is 26.3 Å². The van der Waals surface area contributed by atoms with Gasteiger partial charge in [0.1, 0.15) is 6.10 Å². The van der Waals surface area contributed by atoms with Crippen molar-refractivity contribution in [1.29, 1.82) is 5.41 Å². The summed E-state index contributed by atoms with van der Waals surface area (Å²) in [6, 6.07) is 25.8. The van der Waals surface area contributed by atoms with Gasteiger partial charge in [-0.1, -0.05) is 102 Å². The molecule has 1 N–H and O–H groups in total. The summed E-state index contributed by atoms with van der Waals surface area (Å²) >= 11 is 18.1. The Labute approximate surface area is 244 Å². The Morgan fingerprint density at radius 2 is 1.28 bits per heavy atom. The molecule has 3 aromatic rings. The van der Waals surface area contributed by atoms with Crippen LogP contribution in [0.25, 0.3) is 0 Å². The van der Waals surface area contributed by atoms with E-state index in [9.17, 15) is 9.59 Å². The van der Waals surface area contributed by atoms with E-state index in [1.54, 1.807) is 60.7 Å². The molecule has 12 heteroatoms. The van der Waals surface area contributed by atoms with Gasteiger partial charge in [-0.3, -0.25) is 9.59 Å². The predicted octanol–water partition coefficient (Wildman–Crippen LogP) is 6.35. The maximum absolute atomic E-state index is 13.1. The van der Waals surface area contributed by atoms with Gasteiger partial charge in [-0.25, -0.2) is 9.59 Å². The highest BCUT2D eigenvalue weighted by Gasteiger charge is 2.50. The zero-order valence-electron chi connectivity index (χ0n) is 20.1. The zero-order valence-corrected chi connectivity index (χ0v) is 23.2. The van der Waals surface area contributed by atoms with Gasteiger partial charge in [-0.2, -0.15) is 0 Å². The zero-order chi connectivity index (χ0) is 27.8. The maximum Gasteiger partial charge on any atom is 0.339 e. The van der Waals surface area contributed by atoms with Gasteiger partial charge in [0, 0.05) is 12.0 Å². The molecule has 1 aliphatic heterocycles. The van der Waals surface area contributed by atoms with E-state index in [2.05, 4.69) is 0 Å². The first-order valence-corrected chi connectivity index (χ1v) is 13.5. The number of benzene rings is 3. The lowest BCUT2D eigenvalue weighted by atomic mass is 10.1. The minimum Gasteiger partial charge on any atom is -0.449 e. The number of nitrogens with one attached hydrogen (secondary N) is 1. The van der Waals surface area contributed by atoms with Crippen LogP contribution in [0.3, 0.4) is 0 Å². The molecule has 0 amide bonds. The lowest BCUT2D eigenvalue weighted by Crippen LogP contribution is -2.54. The summed E-state index contributed by atoms with van der Waals surface area (Å²) in [5.41, 5.74) is 0.248. The first kappa shape index (κ1) is 29.2. The van der Waals surface area contributed by atoms with Crippen molar-refractivity contribution in [2.75, 3.05) is 0 Å². The number of esters is 2. The summed E-state index contributed by atoms with van der Waals surface area (Å²) in [5.74, 6) is -2.14. The van der Waals surface area contributed by atoms with Gasteiger partial charge in [0.25, 0.3) is 10.1 Å². The number of rotatable bonds is 8. The van der Waals surface area contributed by atoms with Crippen molar-refractivity contribution >= 4 is 64.7 Å². The van der Waals surface area contributed by atoms with E-state index in [1.165, 1.54) is 0 Å². The molecule has 0 aromatic heterocycles. The molecule has 0 spiro atoms. The second-order valence-corrected chi connectivity index (χ2v) is 11.3. The van der Waals surface area contributed by atoms with Gasteiger partial charge in [0.15, 0.2) is 6.10 Å². The molecule has 4 atom stereocenters. The van der Waals surface area contributed by atoms with Gasteiger partial charge >= 0.3 is 11.9 Å². The maximum atomic E-state index is 13.1. The monoisotopic (exact) mass is 609 g/mol. The molecule has 204 valence electrons. The Balaban J connectivity index is 1.64. The molecule has 0 saturated carbocycles. The van der Waals surface area contributed by atoms with Gasteiger partial charge in [0.05, 0.1) is 17.7 Å². The molecular formula is C27H22Cl3NO7S. The molecule has 0 radical (unpaired) electrons. The third-order valence-corrected chi connectivity index (χ3v) is 6.74. The number of alkyl halides is 3. The molecule has 3 aromatic carbocycles. The van der Waals surface area contributed by atoms with E-state index in [0.29, 0.717) is 17.6 Å². The molecule has 39 heavy (non-hydrogen) atoms. The molecule has 8 nitrogen and oxygen atoms in total. The summed E-state index contributed by atoms with van der Waals surface area (Å²) in [6.07, 6.45) is -3.90. The van der Waals surface area contributed by atoms with Crippen LogP contribution in [-0.2, 0) is 29.7 Å². The van der Waals surface area contributed by atoms with Crippen LogP contribution in [0.2, 0.25) is 0 Å². The van der Waals surface area contributed by atoms with Crippen LogP contribution >= 0.6 is 46.8 Å². The normalized spacial score (nSPS) is 21.0. The molecular weight excluding hydrogens is 589 g/mol. The second-order valence-electron chi connectivity index (χ2n) is 8.14. The summed E-state index contributed by atoms with van der Waals surface area (Å²) in [7, 11) is 0. The van der Waals surface area contributed by atoms with Crippen LogP contribution in [0.15, 0.2) is 91.0 Å². The number of hydrogen-bond acceptors (Lipinski definition) is 9. The molecule has 1 aliphatic rings. The highest BCUT2D eigenvalue weighted by molar-refractivity contribution is 7.95. The van der Waals surface area contributed by atoms with Crippen LogP contribution < -0.4 is 0 Å². The Morgan fingerprint density at radius 1 is 0.769 bits per heavy atom. The van der Waals surface area contributed by atoms with Crippen molar-refractivity contribution in [3.05, 3.63) is 108 Å². The van der Waals surface area contributed by atoms with Crippen LogP contribution in [-0.4, -0.2) is 45.6 Å². The van der Waals surface area contributed by atoms with E-state index >= 15 is 0 Å². The number of hydrogen-bond donors (Lipinski definition) is 1. The van der Waals surface area contributed by atoms with Crippen molar-refractivity contribution in [1.82, 2.24) is 0 Å². The Bertz CT molecular complexity index is 1260. The van der Waals surface area contributed by atoms with Crippen molar-refractivity contribution in [3.8, 4) is 0 Å². The minimum absolute atomic E-state index is 0.0689. The first-order valence-electron chi connectivity index (χ1n) is 11.5. The summed E-state index contributed by atoms with van der Waals surface area (Å²) < 4.78 is 26.6. The quantitative estimate of drug-likeness (QED) is 0.103. The van der Waals surface area contributed by atoms with Crippen molar-refractivity contribution in [3.63, 3.8) is 0 Å². The smallest absolute Gasteiger partial charge is 0.339 e. The largest absolute Gasteiger partial charge is 0.449 e. The fourth-order valence-electron chi connectivity index (χ4n) is 3.46. The topological polar surface area (TPSA) is 104 Å². The van der Waals surface area contributed by atoms with E-state index in [0.717, 1.165) is 5.56 Å². The highest BCUT2D eigenvalue weighted by atomic mass is 35.6. The van der Waals surface area contributed by atoms with Gasteiger partial charge < -0.3 is 18.9 Å². The summed E-state index contributed by atoms with van der Waals surface area (Å²) in [5, 5.41) is 8.02. The van der Waals surface area contributed by atoms with Crippen molar-refractivity contribution in [2.24, 2.45) is 0 Å². The van der Waals surface area contributed by atoms with Crippen molar-refractivity contribution in [2.45, 2.75) is 34.3 Å². The standard InChI is InChI=1S/C27H22Cl3NO7S/c28-27(29,30)26(31)37-24-20(35-22(32)18-12-6-2-7-13-18)21(34-16-17-10-4-1-5-11-17)25(39-38-24)36-23(33)19-14-8-3-9-15-19/h1-15,20-21,24-25,31H,16H2.